The molecular formula is C17H26F3N. The van der Waals surface area contributed by atoms with Crippen molar-refractivity contribution in [1.29, 1.82) is 0 Å². The van der Waals surface area contributed by atoms with Crippen LogP contribution >= 0.6 is 0 Å². The summed E-state index contributed by atoms with van der Waals surface area (Å²) in [7, 11) is 0. The van der Waals surface area contributed by atoms with Crippen LogP contribution in [0.15, 0.2) is 24.3 Å². The topological polar surface area (TPSA) is 12.0 Å². The second kappa shape index (κ2) is 9.08. The molecule has 0 fully saturated rings. The highest BCUT2D eigenvalue weighted by Crippen LogP contribution is 2.31. The molecule has 0 unspecified atom stereocenters. The van der Waals surface area contributed by atoms with Crippen LogP contribution in [-0.4, -0.2) is 6.54 Å². The maximum Gasteiger partial charge on any atom is 0.416 e. The summed E-state index contributed by atoms with van der Waals surface area (Å²) in [5, 5.41) is 3.11. The van der Waals surface area contributed by atoms with E-state index in [-0.39, 0.29) is 6.54 Å². The lowest BCUT2D eigenvalue weighted by atomic mass is 10.0. The standard InChI is InChI=1S/C17H26F3N/c1-14(2)9-5-3-4-8-12-21-13-15-10-6-7-11-16(15)17(18,19)20/h6-7,10-11,14,21H,3-5,8-9,12-13H2,1-2H3. The van der Waals surface area contributed by atoms with Crippen molar-refractivity contribution in [2.45, 2.75) is 58.7 Å². The summed E-state index contributed by atoms with van der Waals surface area (Å²) in [6.45, 7) is 5.49. The van der Waals surface area contributed by atoms with Gasteiger partial charge in [-0.25, -0.2) is 0 Å². The van der Waals surface area contributed by atoms with Crippen molar-refractivity contribution in [1.82, 2.24) is 5.32 Å². The second-order valence-electron chi connectivity index (χ2n) is 5.93. The molecule has 0 radical (unpaired) electrons. The molecule has 21 heavy (non-hydrogen) atoms. The van der Waals surface area contributed by atoms with Crippen molar-refractivity contribution in [3.8, 4) is 0 Å². The number of alkyl halides is 3. The van der Waals surface area contributed by atoms with E-state index in [0.29, 0.717) is 5.56 Å². The zero-order valence-electron chi connectivity index (χ0n) is 13.0. The van der Waals surface area contributed by atoms with Gasteiger partial charge in [-0.05, 0) is 30.5 Å². The van der Waals surface area contributed by atoms with E-state index in [4.69, 9.17) is 0 Å². The number of benzene rings is 1. The normalized spacial score (nSPS) is 12.1. The molecule has 0 bridgehead atoms. The van der Waals surface area contributed by atoms with Crippen LogP contribution in [0.1, 0.15) is 57.1 Å². The van der Waals surface area contributed by atoms with E-state index >= 15 is 0 Å². The molecule has 1 N–H and O–H groups in total. The Bertz CT molecular complexity index is 399. The second-order valence-corrected chi connectivity index (χ2v) is 5.93. The Morgan fingerprint density at radius 3 is 2.33 bits per heavy atom. The molecule has 0 saturated heterocycles. The molecule has 1 aromatic carbocycles. The van der Waals surface area contributed by atoms with Crippen molar-refractivity contribution < 1.29 is 13.2 Å². The molecule has 0 saturated carbocycles. The van der Waals surface area contributed by atoms with E-state index in [1.54, 1.807) is 12.1 Å². The third-order valence-electron chi connectivity index (χ3n) is 3.52. The van der Waals surface area contributed by atoms with Crippen molar-refractivity contribution in [3.05, 3.63) is 35.4 Å². The van der Waals surface area contributed by atoms with Crippen LogP contribution in [-0.2, 0) is 12.7 Å². The van der Waals surface area contributed by atoms with E-state index in [2.05, 4.69) is 19.2 Å². The fraction of sp³-hybridized carbons (Fsp3) is 0.647. The summed E-state index contributed by atoms with van der Waals surface area (Å²) in [5.74, 6) is 0.752. The SMILES string of the molecule is CC(C)CCCCCCNCc1ccccc1C(F)(F)F. The largest absolute Gasteiger partial charge is 0.416 e. The average Bonchev–Trinajstić information content (AvgIpc) is 2.41. The van der Waals surface area contributed by atoms with Crippen LogP contribution in [0.3, 0.4) is 0 Å². The molecule has 1 rings (SSSR count). The fourth-order valence-corrected chi connectivity index (χ4v) is 2.33. The Morgan fingerprint density at radius 2 is 1.67 bits per heavy atom. The van der Waals surface area contributed by atoms with Crippen LogP contribution in [0.25, 0.3) is 0 Å². The average molecular weight is 301 g/mol. The van der Waals surface area contributed by atoms with Crippen LogP contribution in [0.5, 0.6) is 0 Å². The lowest BCUT2D eigenvalue weighted by Crippen LogP contribution is -2.18. The highest BCUT2D eigenvalue weighted by Gasteiger charge is 2.32. The van der Waals surface area contributed by atoms with E-state index in [9.17, 15) is 13.2 Å². The number of nitrogens with one attached hydrogen (secondary N) is 1. The molecule has 1 nitrogen and oxygen atoms in total. The first-order valence-electron chi connectivity index (χ1n) is 7.77. The molecule has 120 valence electrons. The Hall–Kier alpha value is -1.03. The molecule has 0 aliphatic heterocycles. The van der Waals surface area contributed by atoms with Gasteiger partial charge in [-0.3, -0.25) is 0 Å². The first kappa shape index (κ1) is 18.0. The maximum absolute atomic E-state index is 12.8. The molecule has 0 atom stereocenters. The Morgan fingerprint density at radius 1 is 1.00 bits per heavy atom. The molecule has 4 heteroatoms. The fourth-order valence-electron chi connectivity index (χ4n) is 2.33. The van der Waals surface area contributed by atoms with E-state index in [1.165, 1.54) is 25.3 Å². The predicted molar refractivity (Wildman–Crippen MR) is 81.1 cm³/mol. The molecule has 1 aromatic rings. The van der Waals surface area contributed by atoms with Crippen LogP contribution in [0.4, 0.5) is 13.2 Å². The summed E-state index contributed by atoms with van der Waals surface area (Å²) >= 11 is 0. The van der Waals surface area contributed by atoms with Gasteiger partial charge in [0.15, 0.2) is 0 Å². The lowest BCUT2D eigenvalue weighted by molar-refractivity contribution is -0.138. The Balaban J connectivity index is 2.22. The third-order valence-corrected chi connectivity index (χ3v) is 3.52. The van der Waals surface area contributed by atoms with Gasteiger partial charge in [0, 0.05) is 6.54 Å². The van der Waals surface area contributed by atoms with Gasteiger partial charge in [-0.15, -0.1) is 0 Å². The number of hydrogen-bond acceptors (Lipinski definition) is 1. The summed E-state index contributed by atoms with van der Waals surface area (Å²) in [6, 6.07) is 5.76. The van der Waals surface area contributed by atoms with Gasteiger partial charge >= 0.3 is 6.18 Å². The first-order valence-corrected chi connectivity index (χ1v) is 7.77. The molecular weight excluding hydrogens is 275 g/mol. The quantitative estimate of drug-likeness (QED) is 0.602. The van der Waals surface area contributed by atoms with Crippen molar-refractivity contribution in [2.24, 2.45) is 5.92 Å². The van der Waals surface area contributed by atoms with Gasteiger partial charge in [0.25, 0.3) is 0 Å². The first-order chi connectivity index (χ1) is 9.91. The minimum atomic E-state index is -4.27. The molecule has 0 heterocycles. The molecule has 0 spiro atoms. The van der Waals surface area contributed by atoms with Crippen molar-refractivity contribution >= 4 is 0 Å². The van der Waals surface area contributed by atoms with E-state index in [1.807, 2.05) is 0 Å². The van der Waals surface area contributed by atoms with Gasteiger partial charge in [0.1, 0.15) is 0 Å². The minimum absolute atomic E-state index is 0.279. The number of hydrogen-bond donors (Lipinski definition) is 1. The summed E-state index contributed by atoms with van der Waals surface area (Å²) in [5.41, 5.74) is -0.209. The maximum atomic E-state index is 12.8. The Labute approximate surface area is 125 Å². The number of halogens is 3. The summed E-state index contributed by atoms with van der Waals surface area (Å²) in [6.07, 6.45) is 1.60. The smallest absolute Gasteiger partial charge is 0.313 e. The van der Waals surface area contributed by atoms with Crippen LogP contribution in [0.2, 0.25) is 0 Å². The predicted octanol–water partition coefficient (Wildman–Crippen LogP) is 5.40. The van der Waals surface area contributed by atoms with Crippen LogP contribution in [0, 0.1) is 5.92 Å². The molecule has 0 aromatic heterocycles. The van der Waals surface area contributed by atoms with Crippen molar-refractivity contribution in [3.63, 3.8) is 0 Å². The molecule has 0 amide bonds. The zero-order chi connectivity index (χ0) is 15.7. The lowest BCUT2D eigenvalue weighted by Gasteiger charge is -2.13. The number of unbranched alkanes of at least 4 members (excludes halogenated alkanes) is 3. The number of rotatable bonds is 9. The molecule has 0 aliphatic carbocycles. The molecule has 0 aliphatic rings. The van der Waals surface area contributed by atoms with E-state index < -0.39 is 11.7 Å². The van der Waals surface area contributed by atoms with Gasteiger partial charge < -0.3 is 5.32 Å². The van der Waals surface area contributed by atoms with Gasteiger partial charge in [0.05, 0.1) is 5.56 Å². The highest BCUT2D eigenvalue weighted by molar-refractivity contribution is 5.29. The van der Waals surface area contributed by atoms with Gasteiger partial charge in [-0.2, -0.15) is 13.2 Å². The van der Waals surface area contributed by atoms with Crippen LogP contribution < -0.4 is 5.32 Å². The van der Waals surface area contributed by atoms with E-state index in [0.717, 1.165) is 31.4 Å². The Kier molecular flexibility index (Phi) is 7.79. The third kappa shape index (κ3) is 7.51. The monoisotopic (exact) mass is 301 g/mol. The van der Waals surface area contributed by atoms with Gasteiger partial charge in [-0.1, -0.05) is 57.7 Å². The summed E-state index contributed by atoms with van der Waals surface area (Å²) < 4.78 is 38.4. The zero-order valence-corrected chi connectivity index (χ0v) is 13.0. The van der Waals surface area contributed by atoms with Crippen molar-refractivity contribution in [2.75, 3.05) is 6.54 Å². The summed E-state index contributed by atoms with van der Waals surface area (Å²) in [4.78, 5) is 0. The highest BCUT2D eigenvalue weighted by atomic mass is 19.4. The van der Waals surface area contributed by atoms with Gasteiger partial charge in [0.2, 0.25) is 0 Å². The minimum Gasteiger partial charge on any atom is -0.313 e.